The van der Waals surface area contributed by atoms with Gasteiger partial charge in [0.2, 0.25) is 0 Å². The fourth-order valence-corrected chi connectivity index (χ4v) is 2.70. The van der Waals surface area contributed by atoms with Gasteiger partial charge in [-0.3, -0.25) is 0 Å². The Bertz CT molecular complexity index is 212. The average molecular weight is 221 g/mol. The van der Waals surface area contributed by atoms with E-state index < -0.39 is 9.84 Å². The molecule has 0 atom stereocenters. The largest absolute Gasteiger partial charge is 0.317 e. The van der Waals surface area contributed by atoms with Gasteiger partial charge in [0.05, 0.1) is 11.5 Å². The first kappa shape index (κ1) is 13.9. The summed E-state index contributed by atoms with van der Waals surface area (Å²) >= 11 is 0. The first-order chi connectivity index (χ1) is 6.62. The van der Waals surface area contributed by atoms with Gasteiger partial charge in [0.1, 0.15) is 9.84 Å². The van der Waals surface area contributed by atoms with Crippen LogP contribution in [0.4, 0.5) is 0 Å². The van der Waals surface area contributed by atoms with Crippen molar-refractivity contribution in [3.63, 3.8) is 0 Å². The third-order valence-corrected chi connectivity index (χ3v) is 3.94. The molecule has 0 aromatic rings. The van der Waals surface area contributed by atoms with Crippen LogP contribution in [-0.4, -0.2) is 33.0 Å². The lowest BCUT2D eigenvalue weighted by Crippen LogP contribution is -2.19. The van der Waals surface area contributed by atoms with Crippen molar-refractivity contribution in [3.05, 3.63) is 0 Å². The van der Waals surface area contributed by atoms with E-state index in [0.717, 1.165) is 38.8 Å². The lowest BCUT2D eigenvalue weighted by atomic mass is 10.3. The monoisotopic (exact) mass is 221 g/mol. The summed E-state index contributed by atoms with van der Waals surface area (Å²) in [4.78, 5) is 0. The molecule has 0 unspecified atom stereocenters. The van der Waals surface area contributed by atoms with Crippen LogP contribution in [0.2, 0.25) is 0 Å². The summed E-state index contributed by atoms with van der Waals surface area (Å²) in [6.45, 7) is 5.83. The molecule has 0 spiro atoms. The molecule has 0 saturated carbocycles. The van der Waals surface area contributed by atoms with Crippen molar-refractivity contribution in [1.82, 2.24) is 5.32 Å². The first-order valence-corrected chi connectivity index (χ1v) is 7.35. The number of nitrogens with one attached hydrogen (secondary N) is 1. The van der Waals surface area contributed by atoms with Crippen LogP contribution in [-0.2, 0) is 9.84 Å². The number of rotatable bonds is 9. The van der Waals surface area contributed by atoms with Gasteiger partial charge in [-0.2, -0.15) is 0 Å². The molecule has 3 nitrogen and oxygen atoms in total. The zero-order valence-corrected chi connectivity index (χ0v) is 10.2. The molecule has 0 rings (SSSR count). The van der Waals surface area contributed by atoms with E-state index in [4.69, 9.17) is 0 Å². The number of sulfone groups is 1. The van der Waals surface area contributed by atoms with E-state index in [2.05, 4.69) is 12.2 Å². The molecular formula is C10H23NO2S. The van der Waals surface area contributed by atoms with Crippen LogP contribution >= 0.6 is 0 Å². The maximum Gasteiger partial charge on any atom is 0.150 e. The van der Waals surface area contributed by atoms with Crippen molar-refractivity contribution in [2.45, 2.75) is 39.5 Å². The quantitative estimate of drug-likeness (QED) is 0.601. The van der Waals surface area contributed by atoms with Gasteiger partial charge in [-0.05, 0) is 25.9 Å². The first-order valence-electron chi connectivity index (χ1n) is 5.53. The molecule has 0 aromatic carbocycles. The summed E-state index contributed by atoms with van der Waals surface area (Å²) in [5, 5.41) is 3.12. The number of hydrogen-bond donors (Lipinski definition) is 1. The van der Waals surface area contributed by atoms with E-state index in [-0.39, 0.29) is 0 Å². The maximum atomic E-state index is 11.4. The average Bonchev–Trinajstić information content (AvgIpc) is 2.13. The van der Waals surface area contributed by atoms with E-state index in [1.165, 1.54) is 0 Å². The van der Waals surface area contributed by atoms with E-state index >= 15 is 0 Å². The van der Waals surface area contributed by atoms with Gasteiger partial charge in [-0.25, -0.2) is 8.42 Å². The Morgan fingerprint density at radius 1 is 1.00 bits per heavy atom. The molecule has 4 heteroatoms. The maximum absolute atomic E-state index is 11.4. The third kappa shape index (κ3) is 8.51. The minimum absolute atomic E-state index is 0.337. The molecule has 1 N–H and O–H groups in total. The minimum Gasteiger partial charge on any atom is -0.317 e. The normalized spacial score (nSPS) is 11.9. The third-order valence-electron chi connectivity index (χ3n) is 2.12. The molecule has 0 amide bonds. The Morgan fingerprint density at radius 3 is 2.21 bits per heavy atom. The highest BCUT2D eigenvalue weighted by molar-refractivity contribution is 7.91. The van der Waals surface area contributed by atoms with Gasteiger partial charge < -0.3 is 5.32 Å². The van der Waals surface area contributed by atoms with Gasteiger partial charge in [0, 0.05) is 0 Å². The Kier molecular flexibility index (Phi) is 8.18. The van der Waals surface area contributed by atoms with Crippen LogP contribution in [0.25, 0.3) is 0 Å². The molecule has 0 aromatic heterocycles. The molecule has 0 aliphatic rings. The molecule has 0 aliphatic carbocycles. The van der Waals surface area contributed by atoms with Crippen LogP contribution in [0.15, 0.2) is 0 Å². The van der Waals surface area contributed by atoms with Gasteiger partial charge >= 0.3 is 0 Å². The van der Waals surface area contributed by atoms with Crippen molar-refractivity contribution >= 4 is 9.84 Å². The molecule has 14 heavy (non-hydrogen) atoms. The van der Waals surface area contributed by atoms with Crippen molar-refractivity contribution < 1.29 is 8.42 Å². The van der Waals surface area contributed by atoms with Gasteiger partial charge in [-0.15, -0.1) is 0 Å². The molecule has 0 radical (unpaired) electrons. The van der Waals surface area contributed by atoms with Crippen molar-refractivity contribution in [3.8, 4) is 0 Å². The molecule has 0 bridgehead atoms. The predicted octanol–water partition coefficient (Wildman–Crippen LogP) is 1.59. The van der Waals surface area contributed by atoms with Crippen molar-refractivity contribution in [2.24, 2.45) is 0 Å². The van der Waals surface area contributed by atoms with Gasteiger partial charge in [0.15, 0.2) is 0 Å². The van der Waals surface area contributed by atoms with Crippen LogP contribution in [0, 0.1) is 0 Å². The van der Waals surface area contributed by atoms with Crippen LogP contribution in [0.1, 0.15) is 39.5 Å². The minimum atomic E-state index is -2.77. The highest BCUT2D eigenvalue weighted by Gasteiger charge is 2.08. The summed E-state index contributed by atoms with van der Waals surface area (Å²) in [7, 11) is -2.77. The molecule has 0 saturated heterocycles. The van der Waals surface area contributed by atoms with E-state index in [9.17, 15) is 8.42 Å². The molecule has 0 fully saturated rings. The summed E-state index contributed by atoms with van der Waals surface area (Å²) < 4.78 is 22.9. The fourth-order valence-electron chi connectivity index (χ4n) is 1.27. The van der Waals surface area contributed by atoms with E-state index in [0.29, 0.717) is 11.5 Å². The van der Waals surface area contributed by atoms with E-state index in [1.54, 1.807) is 0 Å². The van der Waals surface area contributed by atoms with Crippen molar-refractivity contribution in [2.75, 3.05) is 24.6 Å². The van der Waals surface area contributed by atoms with Crippen LogP contribution in [0.5, 0.6) is 0 Å². The Hall–Kier alpha value is -0.0900. The fraction of sp³-hybridized carbons (Fsp3) is 1.00. The van der Waals surface area contributed by atoms with Crippen LogP contribution in [0.3, 0.4) is 0 Å². The second kappa shape index (κ2) is 8.24. The summed E-state index contributed by atoms with van der Waals surface area (Å²) in [5.74, 6) is 0.705. The topological polar surface area (TPSA) is 46.2 Å². The smallest absolute Gasteiger partial charge is 0.150 e. The molecule has 0 aliphatic heterocycles. The van der Waals surface area contributed by atoms with Crippen molar-refractivity contribution in [1.29, 1.82) is 0 Å². The second-order valence-electron chi connectivity index (χ2n) is 3.57. The lowest BCUT2D eigenvalue weighted by molar-refractivity contribution is 0.585. The zero-order chi connectivity index (χ0) is 10.9. The highest BCUT2D eigenvalue weighted by Crippen LogP contribution is 2.01. The Balaban J connectivity index is 3.52. The van der Waals surface area contributed by atoms with E-state index in [1.807, 2.05) is 6.92 Å². The van der Waals surface area contributed by atoms with Gasteiger partial charge in [-0.1, -0.05) is 26.7 Å². The van der Waals surface area contributed by atoms with Crippen LogP contribution < -0.4 is 5.32 Å². The molecule has 86 valence electrons. The van der Waals surface area contributed by atoms with Gasteiger partial charge in [0.25, 0.3) is 0 Å². The SMILES string of the molecule is CCCCCS(=O)(=O)CCCNCC. The molecular weight excluding hydrogens is 198 g/mol. The summed E-state index contributed by atoms with van der Waals surface area (Å²) in [6, 6.07) is 0. The lowest BCUT2D eigenvalue weighted by Gasteiger charge is -2.04. The summed E-state index contributed by atoms with van der Waals surface area (Å²) in [5.41, 5.74) is 0. The standard InChI is InChI=1S/C10H23NO2S/c1-3-5-6-9-14(12,13)10-7-8-11-4-2/h11H,3-10H2,1-2H3. The Morgan fingerprint density at radius 2 is 1.64 bits per heavy atom. The Labute approximate surface area is 88.2 Å². The summed E-state index contributed by atoms with van der Waals surface area (Å²) in [6.07, 6.45) is 3.65. The number of hydrogen-bond acceptors (Lipinski definition) is 3. The highest BCUT2D eigenvalue weighted by atomic mass is 32.2. The predicted molar refractivity (Wildman–Crippen MR) is 61.3 cm³/mol. The molecule has 0 heterocycles. The second-order valence-corrected chi connectivity index (χ2v) is 5.87. The number of unbranched alkanes of at least 4 members (excludes halogenated alkanes) is 2. The zero-order valence-electron chi connectivity index (χ0n) is 9.38.